The number of hydrogen-bond donors (Lipinski definition) is 2. The van der Waals surface area contributed by atoms with Crippen LogP contribution < -0.4 is 5.32 Å². The summed E-state index contributed by atoms with van der Waals surface area (Å²) in [5, 5.41) is 3.16. The van der Waals surface area contributed by atoms with E-state index in [1.807, 2.05) is 0 Å². The molecule has 0 aromatic heterocycles. The van der Waals surface area contributed by atoms with E-state index in [2.05, 4.69) is 17.9 Å². The van der Waals surface area contributed by atoms with Crippen LogP contribution in [0.5, 0.6) is 0 Å². The molecule has 1 N–H and O–H groups in total. The zero-order valence-corrected chi connectivity index (χ0v) is 9.64. The number of hydrogen-bond acceptors (Lipinski definition) is 3. The molecule has 1 aromatic rings. The summed E-state index contributed by atoms with van der Waals surface area (Å²) in [7, 11) is 0. The molecular formula is C11H13FN2OS. The Bertz CT molecular complexity index is 405. The fourth-order valence-corrected chi connectivity index (χ4v) is 1.83. The van der Waals surface area contributed by atoms with E-state index in [-0.39, 0.29) is 10.8 Å². The summed E-state index contributed by atoms with van der Waals surface area (Å²) in [6.45, 7) is 2.92. The summed E-state index contributed by atoms with van der Waals surface area (Å²) >= 11 is 3.93. The molecule has 86 valence electrons. The Morgan fingerprint density at radius 1 is 1.38 bits per heavy atom. The number of piperazine rings is 1. The number of nitrogens with one attached hydrogen (secondary N) is 1. The Hall–Kier alpha value is -1.07. The third kappa shape index (κ3) is 2.36. The minimum Gasteiger partial charge on any atom is -0.336 e. The summed E-state index contributed by atoms with van der Waals surface area (Å²) in [6, 6.07) is 4.36. The van der Waals surface area contributed by atoms with Crippen molar-refractivity contribution in [1.29, 1.82) is 0 Å². The van der Waals surface area contributed by atoms with Gasteiger partial charge < -0.3 is 10.2 Å². The van der Waals surface area contributed by atoms with Crippen molar-refractivity contribution in [3.63, 3.8) is 0 Å². The van der Waals surface area contributed by atoms with Gasteiger partial charge in [0.05, 0.1) is 0 Å². The minimum atomic E-state index is -0.454. The normalized spacial score (nSPS) is 16.2. The molecule has 1 saturated heterocycles. The molecule has 0 unspecified atom stereocenters. The van der Waals surface area contributed by atoms with E-state index in [1.54, 1.807) is 11.0 Å². The van der Waals surface area contributed by atoms with Gasteiger partial charge in [-0.25, -0.2) is 4.39 Å². The lowest BCUT2D eigenvalue weighted by Gasteiger charge is -2.27. The monoisotopic (exact) mass is 240 g/mol. The van der Waals surface area contributed by atoms with E-state index in [9.17, 15) is 9.18 Å². The van der Waals surface area contributed by atoms with Gasteiger partial charge in [0.15, 0.2) is 0 Å². The van der Waals surface area contributed by atoms with Crippen LogP contribution in [0.1, 0.15) is 10.4 Å². The molecule has 1 aromatic carbocycles. The van der Waals surface area contributed by atoms with Crippen LogP contribution in [0.4, 0.5) is 4.39 Å². The number of rotatable bonds is 1. The summed E-state index contributed by atoms with van der Waals surface area (Å²) in [4.78, 5) is 14.0. The van der Waals surface area contributed by atoms with Crippen LogP contribution >= 0.6 is 12.6 Å². The zero-order chi connectivity index (χ0) is 11.5. The molecule has 0 radical (unpaired) electrons. The summed E-state index contributed by atoms with van der Waals surface area (Å²) in [6.07, 6.45) is 0. The number of thiol groups is 1. The molecule has 1 aliphatic heterocycles. The van der Waals surface area contributed by atoms with Gasteiger partial charge in [0, 0.05) is 36.6 Å². The first-order chi connectivity index (χ1) is 7.68. The fourth-order valence-electron chi connectivity index (χ4n) is 1.69. The van der Waals surface area contributed by atoms with Gasteiger partial charge in [0.25, 0.3) is 5.91 Å². The van der Waals surface area contributed by atoms with Gasteiger partial charge in [-0.1, -0.05) is 0 Å². The maximum absolute atomic E-state index is 13.2. The minimum absolute atomic E-state index is 0.117. The lowest BCUT2D eigenvalue weighted by Crippen LogP contribution is -2.46. The van der Waals surface area contributed by atoms with Gasteiger partial charge in [-0.05, 0) is 18.2 Å². The number of amides is 1. The van der Waals surface area contributed by atoms with Gasteiger partial charge in [0.2, 0.25) is 0 Å². The quantitative estimate of drug-likeness (QED) is 0.722. The van der Waals surface area contributed by atoms with Gasteiger partial charge in [-0.2, -0.15) is 0 Å². The average molecular weight is 240 g/mol. The topological polar surface area (TPSA) is 32.3 Å². The first kappa shape index (κ1) is 11.4. The van der Waals surface area contributed by atoms with Crippen LogP contribution in [0.25, 0.3) is 0 Å². The molecule has 1 aliphatic rings. The van der Waals surface area contributed by atoms with E-state index in [4.69, 9.17) is 0 Å². The molecule has 0 aliphatic carbocycles. The van der Waals surface area contributed by atoms with Crippen molar-refractivity contribution in [3.8, 4) is 0 Å². The number of carbonyl (C=O) groups is 1. The Kier molecular flexibility index (Phi) is 3.46. The molecule has 1 heterocycles. The second-order valence-corrected chi connectivity index (χ2v) is 4.19. The van der Waals surface area contributed by atoms with Crippen molar-refractivity contribution in [2.24, 2.45) is 0 Å². The SMILES string of the molecule is O=C(c1ccc(S)c(F)c1)N1CCNCC1. The van der Waals surface area contributed by atoms with Crippen molar-refractivity contribution >= 4 is 18.5 Å². The Labute approximate surface area is 99.0 Å². The van der Waals surface area contributed by atoms with Gasteiger partial charge in [-0.15, -0.1) is 12.6 Å². The first-order valence-corrected chi connectivity index (χ1v) is 5.62. The molecule has 3 nitrogen and oxygen atoms in total. The number of halogens is 1. The van der Waals surface area contributed by atoms with E-state index in [0.29, 0.717) is 18.7 Å². The van der Waals surface area contributed by atoms with E-state index in [1.165, 1.54) is 12.1 Å². The first-order valence-electron chi connectivity index (χ1n) is 5.17. The van der Waals surface area contributed by atoms with Crippen LogP contribution in [0.2, 0.25) is 0 Å². The number of benzene rings is 1. The van der Waals surface area contributed by atoms with E-state index >= 15 is 0 Å². The summed E-state index contributed by atoms with van der Waals surface area (Å²) < 4.78 is 13.2. The smallest absolute Gasteiger partial charge is 0.254 e. The molecule has 1 amide bonds. The van der Waals surface area contributed by atoms with Crippen molar-refractivity contribution in [1.82, 2.24) is 10.2 Å². The number of carbonyl (C=O) groups excluding carboxylic acids is 1. The van der Waals surface area contributed by atoms with Crippen molar-refractivity contribution < 1.29 is 9.18 Å². The van der Waals surface area contributed by atoms with Crippen LogP contribution in [0.3, 0.4) is 0 Å². The predicted octanol–water partition coefficient (Wildman–Crippen LogP) is 1.16. The van der Waals surface area contributed by atoms with E-state index < -0.39 is 5.82 Å². The number of nitrogens with zero attached hydrogens (tertiary/aromatic N) is 1. The zero-order valence-electron chi connectivity index (χ0n) is 8.74. The molecule has 0 spiro atoms. The Morgan fingerprint density at radius 2 is 2.06 bits per heavy atom. The largest absolute Gasteiger partial charge is 0.336 e. The third-order valence-corrected chi connectivity index (χ3v) is 2.96. The van der Waals surface area contributed by atoms with Crippen LogP contribution in [-0.2, 0) is 0 Å². The third-order valence-electron chi connectivity index (χ3n) is 2.60. The van der Waals surface area contributed by atoms with Gasteiger partial charge >= 0.3 is 0 Å². The second-order valence-electron chi connectivity index (χ2n) is 3.71. The molecule has 16 heavy (non-hydrogen) atoms. The highest BCUT2D eigenvalue weighted by atomic mass is 32.1. The average Bonchev–Trinajstić information content (AvgIpc) is 2.33. The van der Waals surface area contributed by atoms with Crippen molar-refractivity contribution in [2.75, 3.05) is 26.2 Å². The summed E-state index contributed by atoms with van der Waals surface area (Å²) in [5.74, 6) is -0.571. The lowest BCUT2D eigenvalue weighted by molar-refractivity contribution is 0.0735. The molecule has 1 fully saturated rings. The van der Waals surface area contributed by atoms with Crippen LogP contribution in [0, 0.1) is 5.82 Å². The standard InChI is InChI=1S/C11H13FN2OS/c12-9-7-8(1-2-10(9)16)11(15)14-5-3-13-4-6-14/h1-2,7,13,16H,3-6H2. The maximum atomic E-state index is 13.2. The Morgan fingerprint density at radius 3 is 2.69 bits per heavy atom. The highest BCUT2D eigenvalue weighted by molar-refractivity contribution is 7.80. The molecular weight excluding hydrogens is 227 g/mol. The predicted molar refractivity (Wildman–Crippen MR) is 62.4 cm³/mol. The van der Waals surface area contributed by atoms with Crippen molar-refractivity contribution in [2.45, 2.75) is 4.90 Å². The lowest BCUT2D eigenvalue weighted by atomic mass is 10.2. The van der Waals surface area contributed by atoms with Crippen LogP contribution in [-0.4, -0.2) is 37.0 Å². The molecule has 0 bridgehead atoms. The Balaban J connectivity index is 2.16. The van der Waals surface area contributed by atoms with Gasteiger partial charge in [0.1, 0.15) is 5.82 Å². The van der Waals surface area contributed by atoms with Gasteiger partial charge in [-0.3, -0.25) is 4.79 Å². The molecule has 2 rings (SSSR count). The maximum Gasteiger partial charge on any atom is 0.254 e. The molecule has 0 atom stereocenters. The second kappa shape index (κ2) is 4.84. The highest BCUT2D eigenvalue weighted by Crippen LogP contribution is 2.15. The van der Waals surface area contributed by atoms with Crippen LogP contribution in [0.15, 0.2) is 23.1 Å². The van der Waals surface area contributed by atoms with E-state index in [0.717, 1.165) is 13.1 Å². The fraction of sp³-hybridized carbons (Fsp3) is 0.364. The van der Waals surface area contributed by atoms with Crippen molar-refractivity contribution in [3.05, 3.63) is 29.6 Å². The molecule has 0 saturated carbocycles. The summed E-state index contributed by atoms with van der Waals surface area (Å²) in [5.41, 5.74) is 0.386. The highest BCUT2D eigenvalue weighted by Gasteiger charge is 2.18. The molecule has 5 heteroatoms.